The molecule has 0 spiro atoms. The van der Waals surface area contributed by atoms with E-state index in [9.17, 15) is 22.0 Å². The van der Waals surface area contributed by atoms with Crippen molar-refractivity contribution in [2.45, 2.75) is 25.2 Å². The molecular formula is C21H19F2N3O4S. The van der Waals surface area contributed by atoms with Crippen LogP contribution < -0.4 is 10.0 Å². The predicted molar refractivity (Wildman–Crippen MR) is 113 cm³/mol. The normalized spacial score (nSPS) is 11.6. The second kappa shape index (κ2) is 9.09. The Morgan fingerprint density at radius 3 is 2.52 bits per heavy atom. The van der Waals surface area contributed by atoms with Crippen LogP contribution in [0.5, 0.6) is 0 Å². The maximum absolute atomic E-state index is 13.7. The van der Waals surface area contributed by atoms with Gasteiger partial charge in [0.05, 0.1) is 10.6 Å². The fourth-order valence-electron chi connectivity index (χ4n) is 2.59. The molecule has 31 heavy (non-hydrogen) atoms. The minimum atomic E-state index is -4.11. The van der Waals surface area contributed by atoms with Crippen molar-refractivity contribution in [2.75, 3.05) is 10.0 Å². The molecular weight excluding hydrogens is 428 g/mol. The summed E-state index contributed by atoms with van der Waals surface area (Å²) in [7, 11) is -4.11. The van der Waals surface area contributed by atoms with Gasteiger partial charge in [0, 0.05) is 12.5 Å². The van der Waals surface area contributed by atoms with Crippen LogP contribution in [-0.2, 0) is 14.8 Å². The molecule has 0 saturated carbocycles. The highest BCUT2D eigenvalue weighted by molar-refractivity contribution is 7.92. The van der Waals surface area contributed by atoms with Gasteiger partial charge in [0.1, 0.15) is 23.0 Å². The molecule has 1 aromatic heterocycles. The number of aromatic nitrogens is 1. The molecule has 0 saturated heterocycles. The summed E-state index contributed by atoms with van der Waals surface area (Å²) in [5, 5.41) is 6.54. The summed E-state index contributed by atoms with van der Waals surface area (Å²) < 4.78 is 59.2. The minimum absolute atomic E-state index is 0.125. The highest BCUT2D eigenvalue weighted by Gasteiger charge is 2.17. The largest absolute Gasteiger partial charge is 0.354 e. The average molecular weight is 447 g/mol. The number of anilines is 2. The van der Waals surface area contributed by atoms with Gasteiger partial charge in [-0.15, -0.1) is 0 Å². The van der Waals surface area contributed by atoms with Crippen molar-refractivity contribution in [3.05, 3.63) is 71.1 Å². The zero-order chi connectivity index (χ0) is 22.6. The third kappa shape index (κ3) is 5.34. The Kier molecular flexibility index (Phi) is 6.50. The molecule has 7 nitrogen and oxygen atoms in total. The molecule has 0 bridgehead atoms. The highest BCUT2D eigenvalue weighted by atomic mass is 32.2. The zero-order valence-electron chi connectivity index (χ0n) is 16.6. The Labute approximate surface area is 177 Å². The van der Waals surface area contributed by atoms with Gasteiger partial charge in [-0.3, -0.25) is 9.52 Å². The van der Waals surface area contributed by atoms with Crippen LogP contribution in [0.4, 0.5) is 20.2 Å². The number of nitrogens with one attached hydrogen (secondary N) is 2. The number of hydrogen-bond donors (Lipinski definition) is 2. The Hall–Kier alpha value is -3.53. The molecule has 0 aliphatic carbocycles. The summed E-state index contributed by atoms with van der Waals surface area (Å²) in [5.74, 6) is -1.49. The molecule has 1 amide bonds. The Morgan fingerprint density at radius 1 is 1.13 bits per heavy atom. The van der Waals surface area contributed by atoms with E-state index < -0.39 is 27.3 Å². The smallest absolute Gasteiger partial charge is 0.261 e. The number of amides is 1. The van der Waals surface area contributed by atoms with E-state index in [0.29, 0.717) is 29.1 Å². The SMILES string of the molecule is CCC(=O)Nc1c(C)noc1/C=C\c1ccc(S(=O)(=O)Nc2cc(F)ccc2F)cc1. The maximum atomic E-state index is 13.7. The number of aryl methyl sites for hydroxylation is 1. The third-order valence-corrected chi connectivity index (χ3v) is 5.65. The van der Waals surface area contributed by atoms with Crippen molar-refractivity contribution in [3.8, 4) is 0 Å². The average Bonchev–Trinajstić information content (AvgIpc) is 3.08. The van der Waals surface area contributed by atoms with E-state index in [4.69, 9.17) is 4.52 Å². The molecule has 0 aliphatic heterocycles. The van der Waals surface area contributed by atoms with Crippen molar-refractivity contribution < 1.29 is 26.5 Å². The topological polar surface area (TPSA) is 101 Å². The van der Waals surface area contributed by atoms with Crippen molar-refractivity contribution in [1.82, 2.24) is 5.16 Å². The predicted octanol–water partition coefficient (Wildman–Crippen LogP) is 4.58. The van der Waals surface area contributed by atoms with Gasteiger partial charge in [0.25, 0.3) is 10.0 Å². The number of carbonyl (C=O) groups is 1. The first-order valence-corrected chi connectivity index (χ1v) is 10.7. The van der Waals surface area contributed by atoms with Gasteiger partial charge in [0.15, 0.2) is 5.76 Å². The van der Waals surface area contributed by atoms with E-state index in [1.54, 1.807) is 26.0 Å². The summed E-state index contributed by atoms with van der Waals surface area (Å²) >= 11 is 0. The summed E-state index contributed by atoms with van der Waals surface area (Å²) in [5.41, 5.74) is 1.14. The van der Waals surface area contributed by atoms with E-state index >= 15 is 0 Å². The number of rotatable bonds is 7. The number of benzene rings is 2. The van der Waals surface area contributed by atoms with E-state index in [1.807, 2.05) is 4.72 Å². The van der Waals surface area contributed by atoms with Crippen LogP contribution in [0.25, 0.3) is 12.2 Å². The molecule has 3 aromatic rings. The molecule has 3 rings (SSSR count). The first-order valence-electron chi connectivity index (χ1n) is 9.21. The Balaban J connectivity index is 1.77. The summed E-state index contributed by atoms with van der Waals surface area (Å²) in [6.07, 6.45) is 3.55. The van der Waals surface area contributed by atoms with E-state index in [0.717, 1.165) is 18.2 Å². The molecule has 0 atom stereocenters. The van der Waals surface area contributed by atoms with Gasteiger partial charge in [-0.05, 0) is 42.8 Å². The van der Waals surface area contributed by atoms with Gasteiger partial charge < -0.3 is 9.84 Å². The van der Waals surface area contributed by atoms with Crippen LogP contribution in [0.2, 0.25) is 0 Å². The van der Waals surface area contributed by atoms with Crippen molar-refractivity contribution in [2.24, 2.45) is 0 Å². The number of hydrogen-bond acceptors (Lipinski definition) is 5. The molecule has 2 N–H and O–H groups in total. The Bertz CT molecular complexity index is 1240. The number of sulfonamides is 1. The summed E-state index contributed by atoms with van der Waals surface area (Å²) in [6, 6.07) is 8.20. The highest BCUT2D eigenvalue weighted by Crippen LogP contribution is 2.24. The molecule has 10 heteroatoms. The molecule has 0 unspecified atom stereocenters. The van der Waals surface area contributed by atoms with Gasteiger partial charge >= 0.3 is 0 Å². The van der Waals surface area contributed by atoms with Crippen molar-refractivity contribution in [3.63, 3.8) is 0 Å². The van der Waals surface area contributed by atoms with E-state index in [-0.39, 0.29) is 10.8 Å². The third-order valence-electron chi connectivity index (χ3n) is 4.26. The summed E-state index contributed by atoms with van der Waals surface area (Å²) in [4.78, 5) is 11.5. The lowest BCUT2D eigenvalue weighted by Crippen LogP contribution is -2.14. The van der Waals surface area contributed by atoms with Crippen molar-refractivity contribution in [1.29, 1.82) is 0 Å². The first kappa shape index (κ1) is 22.2. The summed E-state index contributed by atoms with van der Waals surface area (Å²) in [6.45, 7) is 3.42. The van der Waals surface area contributed by atoms with Crippen LogP contribution in [-0.4, -0.2) is 19.5 Å². The lowest BCUT2D eigenvalue weighted by atomic mass is 10.2. The zero-order valence-corrected chi connectivity index (χ0v) is 17.5. The van der Waals surface area contributed by atoms with E-state index in [1.165, 1.54) is 24.3 Å². The van der Waals surface area contributed by atoms with E-state index in [2.05, 4.69) is 10.5 Å². The fraction of sp³-hybridized carbons (Fsp3) is 0.143. The second-order valence-corrected chi connectivity index (χ2v) is 8.22. The lowest BCUT2D eigenvalue weighted by molar-refractivity contribution is -0.115. The number of halogens is 2. The van der Waals surface area contributed by atoms with Crippen LogP contribution in [0, 0.1) is 18.6 Å². The number of nitrogens with zero attached hydrogens (tertiary/aromatic N) is 1. The quantitative estimate of drug-likeness (QED) is 0.552. The minimum Gasteiger partial charge on any atom is -0.354 e. The molecule has 2 aromatic carbocycles. The molecule has 162 valence electrons. The monoisotopic (exact) mass is 447 g/mol. The standard InChI is InChI=1S/C21H19F2N3O4S/c1-3-20(27)24-21-13(2)25-30-19(21)11-6-14-4-8-16(9-5-14)31(28,29)26-18-12-15(22)7-10-17(18)23/h4-12,26H,3H2,1-2H3,(H,24,27)/b11-6-. The Morgan fingerprint density at radius 2 is 1.84 bits per heavy atom. The fourth-order valence-corrected chi connectivity index (χ4v) is 3.65. The van der Waals surface area contributed by atoms with Crippen LogP contribution >= 0.6 is 0 Å². The molecule has 0 radical (unpaired) electrons. The van der Waals surface area contributed by atoms with Gasteiger partial charge in [-0.25, -0.2) is 17.2 Å². The van der Waals surface area contributed by atoms with Crippen LogP contribution in [0.3, 0.4) is 0 Å². The van der Waals surface area contributed by atoms with Gasteiger partial charge in [-0.2, -0.15) is 0 Å². The van der Waals surface area contributed by atoms with Crippen molar-refractivity contribution >= 4 is 39.5 Å². The van der Waals surface area contributed by atoms with Gasteiger partial charge in [0.2, 0.25) is 5.91 Å². The lowest BCUT2D eigenvalue weighted by Gasteiger charge is -2.09. The second-order valence-electron chi connectivity index (χ2n) is 6.54. The van der Waals surface area contributed by atoms with Crippen LogP contribution in [0.1, 0.15) is 30.4 Å². The molecule has 0 fully saturated rings. The molecule has 0 aliphatic rings. The molecule has 1 heterocycles. The van der Waals surface area contributed by atoms with Gasteiger partial charge in [-0.1, -0.05) is 30.3 Å². The number of carbonyl (C=O) groups excluding carboxylic acids is 1. The first-order chi connectivity index (χ1) is 14.7. The van der Waals surface area contributed by atoms with Crippen LogP contribution in [0.15, 0.2) is 51.9 Å². The maximum Gasteiger partial charge on any atom is 0.261 e.